The van der Waals surface area contributed by atoms with Crippen molar-refractivity contribution in [2.75, 3.05) is 40.9 Å². The van der Waals surface area contributed by atoms with Gasteiger partial charge in [0.05, 0.1) is 33.8 Å². The number of hydrogen-bond donors (Lipinski definition) is 1. The summed E-state index contributed by atoms with van der Waals surface area (Å²) in [7, 11) is 1.14. The smallest absolute Gasteiger partial charge is 0.306 e. The van der Waals surface area contributed by atoms with E-state index in [0.29, 0.717) is 17.4 Å². The van der Waals surface area contributed by atoms with Crippen LogP contribution >= 0.6 is 7.82 Å². The molecule has 0 rings (SSSR count). The van der Waals surface area contributed by atoms with E-state index in [-0.39, 0.29) is 31.3 Å². The summed E-state index contributed by atoms with van der Waals surface area (Å²) in [4.78, 5) is 40.0. The quantitative estimate of drug-likeness (QED) is 0.0212. The average molecular weight is 1180 g/mol. The van der Waals surface area contributed by atoms with E-state index < -0.39 is 26.6 Å². The number of esters is 1. The number of ether oxygens (including phenoxy) is 1. The highest BCUT2D eigenvalue weighted by Crippen LogP contribution is 2.38. The molecule has 0 aromatic heterocycles. The number of carbonyl (C=O) groups is 2. The van der Waals surface area contributed by atoms with E-state index in [2.05, 4.69) is 86.8 Å². The Hall–Kier alpha value is -2.81. The van der Waals surface area contributed by atoms with Crippen molar-refractivity contribution in [1.29, 1.82) is 0 Å². The summed E-state index contributed by atoms with van der Waals surface area (Å²) in [6, 6.07) is -0.931. The summed E-state index contributed by atoms with van der Waals surface area (Å²) in [5.74, 6) is -0.632. The molecule has 0 aromatic rings. The number of phosphoric acid groups is 1. The van der Waals surface area contributed by atoms with Crippen molar-refractivity contribution in [3.63, 3.8) is 0 Å². The minimum absolute atomic E-state index is 0.0377. The maximum absolute atomic E-state index is 13.5. The van der Waals surface area contributed by atoms with Gasteiger partial charge in [-0.25, -0.2) is 0 Å². The molecule has 0 radical (unpaired) electrons. The number of likely N-dealkylation sites (N-methyl/N-ethyl adjacent to an activating group) is 1. The molecule has 0 aromatic carbocycles. The Bertz CT molecular complexity index is 1700. The normalized spacial score (nSPS) is 14.1. The molecule has 0 heterocycles. The molecule has 3 atom stereocenters. The molecule has 1 N–H and O–H groups in total. The lowest BCUT2D eigenvalue weighted by Crippen LogP contribution is -2.47. The fraction of sp³-hybridized carbons (Fsp3) is 0.781. The second-order valence-electron chi connectivity index (χ2n) is 24.7. The van der Waals surface area contributed by atoms with Gasteiger partial charge in [-0.05, 0) is 70.3 Å². The predicted octanol–water partition coefficient (Wildman–Crippen LogP) is 21.5. The van der Waals surface area contributed by atoms with Gasteiger partial charge in [0.2, 0.25) is 5.91 Å². The van der Waals surface area contributed by atoms with Crippen LogP contribution < -0.4 is 10.2 Å². The molecular weight excluding hydrogens is 1050 g/mol. The van der Waals surface area contributed by atoms with Gasteiger partial charge in [-0.3, -0.25) is 14.2 Å². The predicted molar refractivity (Wildman–Crippen MR) is 358 cm³/mol. The third-order valence-corrected chi connectivity index (χ3v) is 16.3. The Labute approximate surface area is 514 Å². The average Bonchev–Trinajstić information content (AvgIpc) is 3.52. The van der Waals surface area contributed by atoms with Crippen LogP contribution in [-0.2, 0) is 27.9 Å². The number of quaternary nitrogens is 1. The molecule has 482 valence electrons. The molecule has 0 aliphatic rings. The number of amides is 1. The number of hydrogen-bond acceptors (Lipinski definition) is 7. The molecule has 1 amide bonds. The highest BCUT2D eigenvalue weighted by molar-refractivity contribution is 7.45. The third kappa shape index (κ3) is 63.5. The molecule has 0 bridgehead atoms. The van der Waals surface area contributed by atoms with Gasteiger partial charge < -0.3 is 28.5 Å². The van der Waals surface area contributed by atoms with E-state index in [9.17, 15) is 19.0 Å². The SMILES string of the molecule is CC/C=C\C/C=C\C/C=C\C/C=C\C/C=C\C/C=C\CCC(=O)NC(COP(=O)([O-])OCC[N+](C)(C)C)C(/C=C\CCCCCCCCCCC)OC(=O)CCCCCCCCCCCCCCCCCCCCCCCCCCCCC. The molecule has 9 nitrogen and oxygen atoms in total. The maximum atomic E-state index is 13.5. The van der Waals surface area contributed by atoms with Crippen molar-refractivity contribution < 1.29 is 37.3 Å². The zero-order chi connectivity index (χ0) is 60.7. The molecule has 0 fully saturated rings. The van der Waals surface area contributed by atoms with Crippen LogP contribution in [0.5, 0.6) is 0 Å². The van der Waals surface area contributed by atoms with Gasteiger partial charge in [0, 0.05) is 12.8 Å². The van der Waals surface area contributed by atoms with E-state index in [4.69, 9.17) is 13.8 Å². The molecule has 0 spiro atoms. The first-order valence-corrected chi connectivity index (χ1v) is 36.4. The van der Waals surface area contributed by atoms with E-state index >= 15 is 0 Å². The molecular formula is C73H133N2O7P. The highest BCUT2D eigenvalue weighted by Gasteiger charge is 2.27. The Morgan fingerprint density at radius 3 is 1.16 bits per heavy atom. The van der Waals surface area contributed by atoms with Crippen LogP contribution in [0.1, 0.15) is 316 Å². The lowest BCUT2D eigenvalue weighted by atomic mass is 10.0. The monoisotopic (exact) mass is 1180 g/mol. The fourth-order valence-electron chi connectivity index (χ4n) is 10.0. The van der Waals surface area contributed by atoms with Crippen molar-refractivity contribution >= 4 is 19.7 Å². The van der Waals surface area contributed by atoms with Crippen LogP contribution in [0.15, 0.2) is 85.1 Å². The Balaban J connectivity index is 5.06. The van der Waals surface area contributed by atoms with Gasteiger partial charge >= 0.3 is 5.97 Å². The first-order chi connectivity index (χ1) is 40.4. The number of phosphoric ester groups is 1. The fourth-order valence-corrected chi connectivity index (χ4v) is 10.7. The topological polar surface area (TPSA) is 114 Å². The second-order valence-corrected chi connectivity index (χ2v) is 26.1. The number of unbranched alkanes of at least 4 members (excludes halogenated alkanes) is 35. The van der Waals surface area contributed by atoms with Crippen LogP contribution in [0.4, 0.5) is 0 Å². The van der Waals surface area contributed by atoms with Gasteiger partial charge in [0.25, 0.3) is 7.82 Å². The highest BCUT2D eigenvalue weighted by atomic mass is 31.2. The summed E-state index contributed by atoms with van der Waals surface area (Å²) in [6.07, 6.45) is 83.2. The second kappa shape index (κ2) is 62.2. The number of carbonyl (C=O) groups excluding carboxylic acids is 2. The minimum atomic E-state index is -4.72. The van der Waals surface area contributed by atoms with Crippen molar-refractivity contribution in [2.24, 2.45) is 0 Å². The van der Waals surface area contributed by atoms with Crippen LogP contribution in [0.2, 0.25) is 0 Å². The molecule has 83 heavy (non-hydrogen) atoms. The van der Waals surface area contributed by atoms with Crippen LogP contribution in [0.3, 0.4) is 0 Å². The summed E-state index contributed by atoms with van der Waals surface area (Å²) in [6.45, 7) is 6.69. The van der Waals surface area contributed by atoms with Gasteiger partial charge in [-0.15, -0.1) is 0 Å². The zero-order valence-electron chi connectivity index (χ0n) is 55.1. The van der Waals surface area contributed by atoms with Crippen molar-refractivity contribution in [3.8, 4) is 0 Å². The molecule has 0 aliphatic heterocycles. The first-order valence-electron chi connectivity index (χ1n) is 34.9. The van der Waals surface area contributed by atoms with Crippen LogP contribution in [-0.4, -0.2) is 69.4 Å². The standard InChI is InChI=1S/C73H133N2O7P/c1-7-10-13-16-19-22-25-27-29-31-33-34-35-36-37-38-39-40-42-44-46-48-51-54-57-60-63-66-73(77)82-71(64-61-58-55-52-49-24-21-18-15-12-9-3)70(69-81-83(78,79)80-68-67-75(4,5)6)74-72(76)65-62-59-56-53-50-47-45-43-41-32-30-28-26-23-20-17-14-11-8-2/h11,14,20,23,28,30,41,43,47,50,56,59,61,64,70-71H,7-10,12-13,15-19,21-22,24-27,29,31-40,42,44-46,48-49,51-55,57-58,60,62-63,65-69H2,1-6H3,(H-,74,76,78,79)/b14-11-,23-20-,30-28-,43-41-,50-47-,59-56-,64-61-. The number of allylic oxidation sites excluding steroid dienone is 13. The third-order valence-electron chi connectivity index (χ3n) is 15.4. The molecule has 10 heteroatoms. The maximum Gasteiger partial charge on any atom is 0.306 e. The zero-order valence-corrected chi connectivity index (χ0v) is 56.0. The van der Waals surface area contributed by atoms with Crippen molar-refractivity contribution in [3.05, 3.63) is 85.1 Å². The summed E-state index contributed by atoms with van der Waals surface area (Å²) in [5.41, 5.74) is 0. The summed E-state index contributed by atoms with van der Waals surface area (Å²) in [5, 5.41) is 2.98. The largest absolute Gasteiger partial charge is 0.756 e. The first kappa shape index (κ1) is 80.2. The molecule has 0 saturated heterocycles. The Kier molecular flexibility index (Phi) is 60.1. The van der Waals surface area contributed by atoms with Gasteiger partial charge in [-0.1, -0.05) is 318 Å². The minimum Gasteiger partial charge on any atom is -0.756 e. The van der Waals surface area contributed by atoms with E-state index in [1.807, 2.05) is 45.4 Å². The molecule has 3 unspecified atom stereocenters. The van der Waals surface area contributed by atoms with E-state index in [0.717, 1.165) is 77.0 Å². The lowest BCUT2D eigenvalue weighted by Gasteiger charge is -2.30. The number of nitrogens with zero attached hydrogens (tertiary/aromatic N) is 1. The van der Waals surface area contributed by atoms with Gasteiger partial charge in [0.15, 0.2) is 0 Å². The lowest BCUT2D eigenvalue weighted by molar-refractivity contribution is -0.870. The Morgan fingerprint density at radius 1 is 0.434 bits per heavy atom. The summed E-state index contributed by atoms with van der Waals surface area (Å²) >= 11 is 0. The summed E-state index contributed by atoms with van der Waals surface area (Å²) < 4.78 is 30.3. The van der Waals surface area contributed by atoms with Gasteiger partial charge in [0.1, 0.15) is 19.3 Å². The number of nitrogens with one attached hydrogen (secondary N) is 1. The Morgan fingerprint density at radius 2 is 0.783 bits per heavy atom. The van der Waals surface area contributed by atoms with E-state index in [1.54, 1.807) is 0 Å². The van der Waals surface area contributed by atoms with E-state index in [1.165, 1.54) is 199 Å². The van der Waals surface area contributed by atoms with Crippen molar-refractivity contribution in [2.45, 2.75) is 328 Å². The van der Waals surface area contributed by atoms with Gasteiger partial charge in [-0.2, -0.15) is 0 Å². The number of rotatable bonds is 63. The molecule has 0 saturated carbocycles. The van der Waals surface area contributed by atoms with Crippen molar-refractivity contribution in [1.82, 2.24) is 5.32 Å². The molecule has 0 aliphatic carbocycles. The van der Waals surface area contributed by atoms with Crippen LogP contribution in [0.25, 0.3) is 0 Å². The van der Waals surface area contributed by atoms with Crippen LogP contribution in [0, 0.1) is 0 Å².